The molecule has 0 fully saturated rings. The number of benzene rings is 1. The van der Waals surface area contributed by atoms with Gasteiger partial charge in [-0.3, -0.25) is 4.98 Å². The largest absolute Gasteiger partial charge is 0.478 e. The van der Waals surface area contributed by atoms with Crippen molar-refractivity contribution in [3.8, 4) is 16.9 Å². The third kappa shape index (κ3) is 2.75. The van der Waals surface area contributed by atoms with Gasteiger partial charge in [0.05, 0.1) is 11.3 Å². The van der Waals surface area contributed by atoms with Gasteiger partial charge in [0.1, 0.15) is 0 Å². The van der Waals surface area contributed by atoms with Crippen molar-refractivity contribution in [2.45, 2.75) is 20.8 Å². The van der Waals surface area contributed by atoms with Crippen molar-refractivity contribution < 1.29 is 9.90 Å². The molecule has 0 radical (unpaired) electrons. The van der Waals surface area contributed by atoms with Crippen molar-refractivity contribution in [3.63, 3.8) is 0 Å². The Morgan fingerprint density at radius 3 is 2.35 bits per heavy atom. The zero-order valence-corrected chi connectivity index (χ0v) is 13.4. The molecule has 2 aromatic heterocycles. The number of rotatable bonds is 3. The summed E-state index contributed by atoms with van der Waals surface area (Å²) in [6, 6.07) is 11.7. The van der Waals surface area contributed by atoms with E-state index in [-0.39, 0.29) is 0 Å². The summed E-state index contributed by atoms with van der Waals surface area (Å²) < 4.78 is 1.99. The smallest absolute Gasteiger partial charge is 0.337 e. The maximum atomic E-state index is 11.6. The van der Waals surface area contributed by atoms with E-state index in [0.717, 1.165) is 28.1 Å². The minimum absolute atomic E-state index is 0.308. The van der Waals surface area contributed by atoms with Gasteiger partial charge in [-0.15, -0.1) is 0 Å². The normalized spacial score (nSPS) is 10.7. The monoisotopic (exact) mass is 306 g/mol. The van der Waals surface area contributed by atoms with Gasteiger partial charge < -0.3 is 9.67 Å². The van der Waals surface area contributed by atoms with Gasteiger partial charge >= 0.3 is 5.97 Å². The molecule has 0 amide bonds. The van der Waals surface area contributed by atoms with Crippen molar-refractivity contribution in [3.05, 3.63) is 71.2 Å². The summed E-state index contributed by atoms with van der Waals surface area (Å²) in [6.07, 6.45) is 3.46. The third-order valence-electron chi connectivity index (χ3n) is 3.90. The van der Waals surface area contributed by atoms with Crippen molar-refractivity contribution in [2.75, 3.05) is 0 Å². The number of pyridine rings is 1. The molecule has 0 saturated heterocycles. The molecule has 4 nitrogen and oxygen atoms in total. The molecule has 4 heteroatoms. The van der Waals surface area contributed by atoms with Crippen molar-refractivity contribution in [1.29, 1.82) is 0 Å². The summed E-state index contributed by atoms with van der Waals surface area (Å²) in [7, 11) is 0. The van der Waals surface area contributed by atoms with E-state index in [9.17, 15) is 9.90 Å². The number of carbonyl (C=O) groups is 1. The van der Waals surface area contributed by atoms with E-state index < -0.39 is 5.97 Å². The maximum absolute atomic E-state index is 11.6. The predicted molar refractivity (Wildman–Crippen MR) is 90.2 cm³/mol. The van der Waals surface area contributed by atoms with Crippen LogP contribution in [0.25, 0.3) is 16.9 Å². The molecule has 0 aliphatic heterocycles. The van der Waals surface area contributed by atoms with Crippen LogP contribution in [0.1, 0.15) is 27.2 Å². The first-order valence-electron chi connectivity index (χ1n) is 7.42. The minimum Gasteiger partial charge on any atom is -0.478 e. The summed E-state index contributed by atoms with van der Waals surface area (Å²) >= 11 is 0. The van der Waals surface area contributed by atoms with Gasteiger partial charge in [-0.05, 0) is 62.2 Å². The highest BCUT2D eigenvalue weighted by Crippen LogP contribution is 2.30. The van der Waals surface area contributed by atoms with Gasteiger partial charge in [0.2, 0.25) is 0 Å². The number of aromatic carboxylic acids is 1. The summed E-state index contributed by atoms with van der Waals surface area (Å²) in [6.45, 7) is 5.91. The molecule has 1 N–H and O–H groups in total. The molecular weight excluding hydrogens is 288 g/mol. The number of aromatic nitrogens is 2. The first kappa shape index (κ1) is 15.0. The molecule has 0 aliphatic rings. The third-order valence-corrected chi connectivity index (χ3v) is 3.90. The Morgan fingerprint density at radius 2 is 1.78 bits per heavy atom. The highest BCUT2D eigenvalue weighted by Gasteiger charge is 2.19. The number of hydrogen-bond acceptors (Lipinski definition) is 2. The van der Waals surface area contributed by atoms with Crippen LogP contribution in [-0.2, 0) is 0 Å². The number of hydrogen-bond donors (Lipinski definition) is 1. The van der Waals surface area contributed by atoms with Crippen LogP contribution in [0.15, 0.2) is 48.8 Å². The fourth-order valence-corrected chi connectivity index (χ4v) is 2.96. The quantitative estimate of drug-likeness (QED) is 0.790. The van der Waals surface area contributed by atoms with Gasteiger partial charge in [-0.2, -0.15) is 0 Å². The highest BCUT2D eigenvalue weighted by atomic mass is 16.4. The van der Waals surface area contributed by atoms with Crippen molar-refractivity contribution in [2.24, 2.45) is 0 Å². The van der Waals surface area contributed by atoms with E-state index in [1.54, 1.807) is 18.5 Å². The Labute approximate surface area is 135 Å². The molecule has 0 aliphatic carbocycles. The van der Waals surface area contributed by atoms with Crippen LogP contribution in [-0.4, -0.2) is 20.6 Å². The first-order chi connectivity index (χ1) is 11.0. The standard InChI is InChI=1S/C19H18N2O2/c1-12-7-13(2)9-16(8-12)21-14(3)17(19(22)23)10-18(21)15-5-4-6-20-11-15/h4-11H,1-3H3,(H,22,23). The topological polar surface area (TPSA) is 55.1 Å². The summed E-state index contributed by atoms with van der Waals surface area (Å²) in [5.74, 6) is -0.921. The lowest BCUT2D eigenvalue weighted by Gasteiger charge is -2.13. The molecule has 2 heterocycles. The molecule has 116 valence electrons. The average Bonchev–Trinajstić information content (AvgIpc) is 2.85. The van der Waals surface area contributed by atoms with Gasteiger partial charge in [-0.25, -0.2) is 4.79 Å². The number of carboxylic acid groups (broad SMARTS) is 1. The number of carboxylic acids is 1. The van der Waals surface area contributed by atoms with E-state index in [0.29, 0.717) is 11.3 Å². The van der Waals surface area contributed by atoms with Crippen LogP contribution in [0.4, 0.5) is 0 Å². The van der Waals surface area contributed by atoms with Crippen LogP contribution in [0.2, 0.25) is 0 Å². The zero-order valence-electron chi connectivity index (χ0n) is 13.4. The lowest BCUT2D eigenvalue weighted by Crippen LogP contribution is -2.03. The van der Waals surface area contributed by atoms with E-state index >= 15 is 0 Å². The Bertz CT molecular complexity index is 860. The minimum atomic E-state index is -0.921. The second kappa shape index (κ2) is 5.72. The molecule has 0 unspecified atom stereocenters. The van der Waals surface area contributed by atoms with Gasteiger partial charge in [-0.1, -0.05) is 6.07 Å². The zero-order chi connectivity index (χ0) is 16.6. The molecule has 3 rings (SSSR count). The molecule has 0 spiro atoms. The van der Waals surface area contributed by atoms with E-state index in [1.807, 2.05) is 37.5 Å². The molecule has 0 saturated carbocycles. The summed E-state index contributed by atoms with van der Waals surface area (Å²) in [5.41, 5.74) is 5.99. The summed E-state index contributed by atoms with van der Waals surface area (Å²) in [5, 5.41) is 9.48. The van der Waals surface area contributed by atoms with Crippen molar-refractivity contribution >= 4 is 5.97 Å². The Balaban J connectivity index is 2.32. The van der Waals surface area contributed by atoms with E-state index in [2.05, 4.69) is 23.2 Å². The lowest BCUT2D eigenvalue weighted by atomic mass is 10.1. The van der Waals surface area contributed by atoms with Gasteiger partial charge in [0, 0.05) is 29.3 Å². The van der Waals surface area contributed by atoms with Gasteiger partial charge in [0.15, 0.2) is 0 Å². The fourth-order valence-electron chi connectivity index (χ4n) is 2.96. The highest BCUT2D eigenvalue weighted by molar-refractivity contribution is 5.91. The van der Waals surface area contributed by atoms with Crippen molar-refractivity contribution in [1.82, 2.24) is 9.55 Å². The average molecular weight is 306 g/mol. The van der Waals surface area contributed by atoms with Crippen LogP contribution >= 0.6 is 0 Å². The Kier molecular flexibility index (Phi) is 3.74. The van der Waals surface area contributed by atoms with Crippen LogP contribution in [0.3, 0.4) is 0 Å². The number of nitrogens with zero attached hydrogens (tertiary/aromatic N) is 2. The molecular formula is C19H18N2O2. The van der Waals surface area contributed by atoms with Gasteiger partial charge in [0.25, 0.3) is 0 Å². The second-order valence-corrected chi connectivity index (χ2v) is 5.76. The van der Waals surface area contributed by atoms with E-state index in [4.69, 9.17) is 0 Å². The SMILES string of the molecule is Cc1cc(C)cc(-n2c(-c3cccnc3)cc(C(=O)O)c2C)c1. The predicted octanol–water partition coefficient (Wildman–Crippen LogP) is 4.16. The molecule has 1 aromatic carbocycles. The lowest BCUT2D eigenvalue weighted by molar-refractivity contribution is 0.0696. The van der Waals surface area contributed by atoms with Crippen LogP contribution in [0.5, 0.6) is 0 Å². The van der Waals surface area contributed by atoms with Crippen LogP contribution in [0, 0.1) is 20.8 Å². The van der Waals surface area contributed by atoms with E-state index in [1.165, 1.54) is 0 Å². The Hall–Kier alpha value is -2.88. The summed E-state index contributed by atoms with van der Waals surface area (Å²) in [4.78, 5) is 15.7. The number of aryl methyl sites for hydroxylation is 2. The molecule has 3 aromatic rings. The maximum Gasteiger partial charge on any atom is 0.337 e. The van der Waals surface area contributed by atoms with Crippen LogP contribution < -0.4 is 0 Å². The molecule has 23 heavy (non-hydrogen) atoms. The molecule has 0 bridgehead atoms. The first-order valence-corrected chi connectivity index (χ1v) is 7.42. The Morgan fingerprint density at radius 1 is 1.09 bits per heavy atom. The second-order valence-electron chi connectivity index (χ2n) is 5.76. The fraction of sp³-hybridized carbons (Fsp3) is 0.158. The molecule has 0 atom stereocenters.